The van der Waals surface area contributed by atoms with Gasteiger partial charge in [0, 0.05) is 6.42 Å². The highest BCUT2D eigenvalue weighted by molar-refractivity contribution is 5.91. The summed E-state index contributed by atoms with van der Waals surface area (Å²) in [4.78, 5) is 12.4. The number of carbonyl (C=O) groups excluding carboxylic acids is 1. The maximum Gasteiger partial charge on any atom is 0.143 e. The van der Waals surface area contributed by atoms with Crippen molar-refractivity contribution in [3.63, 3.8) is 0 Å². The van der Waals surface area contributed by atoms with E-state index in [4.69, 9.17) is 0 Å². The maximum absolute atomic E-state index is 12.4. The highest BCUT2D eigenvalue weighted by Crippen LogP contribution is 2.64. The summed E-state index contributed by atoms with van der Waals surface area (Å²) >= 11 is 0. The van der Waals surface area contributed by atoms with Crippen molar-refractivity contribution in [2.75, 3.05) is 0 Å². The van der Waals surface area contributed by atoms with Gasteiger partial charge >= 0.3 is 0 Å². The van der Waals surface area contributed by atoms with Crippen molar-refractivity contribution in [1.29, 1.82) is 0 Å². The SMILES string of the molecule is C=C1C=CC(C=CC23CCC(CC2=O)C3(C)C)=CC1. The van der Waals surface area contributed by atoms with Crippen LogP contribution < -0.4 is 0 Å². The lowest BCUT2D eigenvalue weighted by Crippen LogP contribution is -2.33. The van der Waals surface area contributed by atoms with Gasteiger partial charge in [0.15, 0.2) is 0 Å². The molecule has 2 atom stereocenters. The Hall–Kier alpha value is -1.37. The van der Waals surface area contributed by atoms with Crippen LogP contribution in [0.2, 0.25) is 0 Å². The van der Waals surface area contributed by atoms with Crippen molar-refractivity contribution in [3.05, 3.63) is 48.1 Å². The summed E-state index contributed by atoms with van der Waals surface area (Å²) in [5.41, 5.74) is 2.28. The van der Waals surface area contributed by atoms with Crippen LogP contribution in [0.4, 0.5) is 0 Å². The van der Waals surface area contributed by atoms with Gasteiger partial charge in [-0.25, -0.2) is 0 Å². The molecule has 3 aliphatic rings. The fourth-order valence-corrected chi connectivity index (χ4v) is 4.06. The zero-order valence-electron chi connectivity index (χ0n) is 11.9. The molecule has 2 saturated carbocycles. The van der Waals surface area contributed by atoms with E-state index in [1.807, 2.05) is 0 Å². The van der Waals surface area contributed by atoms with E-state index in [0.29, 0.717) is 11.7 Å². The van der Waals surface area contributed by atoms with Gasteiger partial charge in [-0.2, -0.15) is 0 Å². The van der Waals surface area contributed by atoms with Gasteiger partial charge in [-0.1, -0.05) is 56.4 Å². The first-order valence-electron chi connectivity index (χ1n) is 7.24. The smallest absolute Gasteiger partial charge is 0.143 e. The molecule has 0 aromatic rings. The quantitative estimate of drug-likeness (QED) is 0.714. The zero-order valence-corrected chi connectivity index (χ0v) is 11.9. The third-order valence-corrected chi connectivity index (χ3v) is 5.66. The topological polar surface area (TPSA) is 17.1 Å². The summed E-state index contributed by atoms with van der Waals surface area (Å²) in [6, 6.07) is 0. The Labute approximate surface area is 115 Å². The number of rotatable bonds is 2. The van der Waals surface area contributed by atoms with Crippen molar-refractivity contribution in [2.45, 2.75) is 39.5 Å². The minimum atomic E-state index is -0.208. The van der Waals surface area contributed by atoms with Crippen LogP contribution in [-0.2, 0) is 4.79 Å². The Morgan fingerprint density at radius 2 is 2.16 bits per heavy atom. The minimum absolute atomic E-state index is 0.128. The van der Waals surface area contributed by atoms with Crippen molar-refractivity contribution >= 4 is 5.78 Å². The number of Topliss-reactive ketones (excluding diaryl/α,β-unsaturated/α-hetero) is 1. The van der Waals surface area contributed by atoms with Crippen LogP contribution in [0, 0.1) is 16.7 Å². The first kappa shape index (κ1) is 12.7. The molecule has 0 spiro atoms. The fourth-order valence-electron chi connectivity index (χ4n) is 4.06. The molecule has 2 fully saturated rings. The summed E-state index contributed by atoms with van der Waals surface area (Å²) in [6.45, 7) is 8.49. The number of hydrogen-bond acceptors (Lipinski definition) is 1. The molecule has 0 saturated heterocycles. The molecule has 2 bridgehead atoms. The average molecular weight is 254 g/mol. The van der Waals surface area contributed by atoms with Gasteiger partial charge in [-0.05, 0) is 36.2 Å². The largest absolute Gasteiger partial charge is 0.299 e. The zero-order chi connectivity index (χ0) is 13.7. The van der Waals surface area contributed by atoms with Gasteiger partial charge in [-0.3, -0.25) is 4.79 Å². The molecule has 0 heterocycles. The number of fused-ring (bicyclic) bond motifs is 2. The lowest BCUT2D eigenvalue weighted by molar-refractivity contribution is -0.126. The Bertz CT molecular complexity index is 530. The molecule has 0 amide bonds. The van der Waals surface area contributed by atoms with Gasteiger partial charge in [0.05, 0.1) is 5.41 Å². The molecule has 3 rings (SSSR count). The summed E-state index contributed by atoms with van der Waals surface area (Å²) in [7, 11) is 0. The van der Waals surface area contributed by atoms with Crippen LogP contribution in [0.3, 0.4) is 0 Å². The minimum Gasteiger partial charge on any atom is -0.299 e. The first-order chi connectivity index (χ1) is 8.96. The molecule has 0 aromatic carbocycles. The summed E-state index contributed by atoms with van der Waals surface area (Å²) in [5.74, 6) is 1.04. The molecule has 1 heteroatoms. The third-order valence-electron chi connectivity index (χ3n) is 5.66. The van der Waals surface area contributed by atoms with Gasteiger partial charge in [-0.15, -0.1) is 0 Å². The van der Waals surface area contributed by atoms with E-state index in [-0.39, 0.29) is 10.8 Å². The molecule has 100 valence electrons. The van der Waals surface area contributed by atoms with E-state index in [2.05, 4.69) is 50.8 Å². The van der Waals surface area contributed by atoms with E-state index >= 15 is 0 Å². The van der Waals surface area contributed by atoms with E-state index < -0.39 is 0 Å². The normalized spacial score (nSPS) is 36.3. The van der Waals surface area contributed by atoms with Crippen LogP contribution in [0.15, 0.2) is 48.1 Å². The second-order valence-electron chi connectivity index (χ2n) is 6.79. The monoisotopic (exact) mass is 254 g/mol. The van der Waals surface area contributed by atoms with E-state index in [1.54, 1.807) is 0 Å². The third kappa shape index (κ3) is 1.71. The molecule has 0 N–H and O–H groups in total. The maximum atomic E-state index is 12.4. The fraction of sp³-hybridized carbons (Fsp3) is 0.500. The Balaban J connectivity index is 1.88. The predicted octanol–water partition coefficient (Wildman–Crippen LogP) is 4.38. The van der Waals surface area contributed by atoms with Gasteiger partial charge in [0.2, 0.25) is 0 Å². The molecule has 1 nitrogen and oxygen atoms in total. The number of hydrogen-bond donors (Lipinski definition) is 0. The van der Waals surface area contributed by atoms with Crippen LogP contribution in [0.1, 0.15) is 39.5 Å². The number of carbonyl (C=O) groups is 1. The van der Waals surface area contributed by atoms with Crippen LogP contribution in [0.25, 0.3) is 0 Å². The van der Waals surface area contributed by atoms with Crippen LogP contribution in [0.5, 0.6) is 0 Å². The second kappa shape index (κ2) is 4.06. The van der Waals surface area contributed by atoms with Gasteiger partial charge < -0.3 is 0 Å². The Kier molecular flexibility index (Phi) is 2.70. The summed E-state index contributed by atoms with van der Waals surface area (Å²) in [6.07, 6.45) is 14.6. The average Bonchev–Trinajstić information content (AvgIpc) is 2.72. The van der Waals surface area contributed by atoms with Crippen LogP contribution >= 0.6 is 0 Å². The van der Waals surface area contributed by atoms with Crippen molar-refractivity contribution in [2.24, 2.45) is 16.7 Å². The van der Waals surface area contributed by atoms with E-state index in [1.165, 1.54) is 12.0 Å². The van der Waals surface area contributed by atoms with Gasteiger partial charge in [0.1, 0.15) is 5.78 Å². The molecule has 0 aliphatic heterocycles. The molecular formula is C18H22O. The highest BCUT2D eigenvalue weighted by atomic mass is 16.1. The molecule has 0 radical (unpaired) electrons. The van der Waals surface area contributed by atoms with E-state index in [0.717, 1.165) is 24.8 Å². The lowest BCUT2D eigenvalue weighted by Gasteiger charge is -2.33. The van der Waals surface area contributed by atoms with Crippen molar-refractivity contribution in [1.82, 2.24) is 0 Å². The van der Waals surface area contributed by atoms with Crippen molar-refractivity contribution < 1.29 is 4.79 Å². The van der Waals surface area contributed by atoms with Crippen molar-refractivity contribution in [3.8, 4) is 0 Å². The van der Waals surface area contributed by atoms with Gasteiger partial charge in [0.25, 0.3) is 0 Å². The molecular weight excluding hydrogens is 232 g/mol. The van der Waals surface area contributed by atoms with Crippen LogP contribution in [-0.4, -0.2) is 5.78 Å². The molecule has 19 heavy (non-hydrogen) atoms. The first-order valence-corrected chi connectivity index (χ1v) is 7.24. The molecule has 2 unspecified atom stereocenters. The number of allylic oxidation sites excluding steroid dienone is 7. The number of ketones is 1. The molecule has 0 aromatic heterocycles. The Morgan fingerprint density at radius 3 is 2.68 bits per heavy atom. The summed E-state index contributed by atoms with van der Waals surface area (Å²) < 4.78 is 0. The standard InChI is InChI=1S/C18H22O/c1-13-4-6-14(7-5-13)8-10-18-11-9-15(12-16(18)19)17(18,2)3/h4,6-8,10,15H,1,5,9,11-12H2,2-3H3. The predicted molar refractivity (Wildman–Crippen MR) is 78.7 cm³/mol. The molecule has 3 aliphatic carbocycles. The van der Waals surface area contributed by atoms with E-state index in [9.17, 15) is 4.79 Å². The lowest BCUT2D eigenvalue weighted by atomic mass is 9.68. The highest BCUT2D eigenvalue weighted by Gasteiger charge is 2.62. The second-order valence-corrected chi connectivity index (χ2v) is 6.79. The Morgan fingerprint density at radius 1 is 1.37 bits per heavy atom. The summed E-state index contributed by atoms with van der Waals surface area (Å²) in [5, 5.41) is 0.